The van der Waals surface area contributed by atoms with Crippen LogP contribution in [0.1, 0.15) is 12.8 Å². The zero-order valence-corrected chi connectivity index (χ0v) is 12.4. The van der Waals surface area contributed by atoms with Crippen LogP contribution in [0.5, 0.6) is 0 Å². The Morgan fingerprint density at radius 2 is 1.64 bits per heavy atom. The number of hydrogen-bond acceptors (Lipinski definition) is 2. The zero-order chi connectivity index (χ0) is 11.2. The van der Waals surface area contributed by atoms with Gasteiger partial charge in [-0.25, -0.2) is 0 Å². The van der Waals surface area contributed by atoms with Crippen molar-refractivity contribution < 1.29 is 0 Å². The third-order valence-corrected chi connectivity index (χ3v) is 5.77. The molecule has 0 N–H and O–H groups in total. The van der Waals surface area contributed by atoms with E-state index < -0.39 is 14.1 Å². The molecule has 2 nitrogen and oxygen atoms in total. The van der Waals surface area contributed by atoms with E-state index in [1.54, 1.807) is 0 Å². The average Bonchev–Trinajstić information content (AvgIpc) is 2.04. The molecule has 0 amide bonds. The maximum atomic E-state index is 4.57. The van der Waals surface area contributed by atoms with E-state index in [0.717, 1.165) is 6.54 Å². The van der Waals surface area contributed by atoms with Gasteiger partial charge in [0.25, 0.3) is 0 Å². The first-order chi connectivity index (χ1) is 6.27. The van der Waals surface area contributed by atoms with Crippen LogP contribution >= 0.6 is 14.1 Å². The van der Waals surface area contributed by atoms with Crippen LogP contribution in [0.15, 0.2) is 9.49 Å². The molecule has 0 aromatic rings. The molecule has 0 unspecified atom stereocenters. The van der Waals surface area contributed by atoms with Crippen molar-refractivity contribution in [2.75, 3.05) is 53.1 Å². The van der Waals surface area contributed by atoms with Crippen molar-refractivity contribution in [2.24, 2.45) is 9.49 Å². The standard InChI is InChI=1S/C6H14NP.C4H12NP/c1-8(2)6-4-3-5-7-8;1-5-6(2,3)4/h3-6H2,1-2H3;1-4H3. The van der Waals surface area contributed by atoms with Gasteiger partial charge in [0.05, 0.1) is 0 Å². The van der Waals surface area contributed by atoms with Gasteiger partial charge in [0.15, 0.2) is 0 Å². The van der Waals surface area contributed by atoms with Crippen LogP contribution < -0.4 is 0 Å². The molecule has 0 fully saturated rings. The molecule has 1 aliphatic heterocycles. The molecule has 14 heavy (non-hydrogen) atoms. The van der Waals surface area contributed by atoms with Crippen molar-refractivity contribution in [2.45, 2.75) is 12.8 Å². The molecule has 0 radical (unpaired) electrons. The van der Waals surface area contributed by atoms with Crippen molar-refractivity contribution in [1.82, 2.24) is 0 Å². The molecule has 1 heterocycles. The Bertz CT molecular complexity index is 249. The molecule has 0 saturated heterocycles. The Balaban J connectivity index is 0.000000255. The Hall–Kier alpha value is 0.460. The van der Waals surface area contributed by atoms with E-state index in [1.807, 2.05) is 7.05 Å². The fraction of sp³-hybridized carbons (Fsp3) is 1.00. The molecule has 1 rings (SSSR count). The van der Waals surface area contributed by atoms with Gasteiger partial charge in [-0.1, -0.05) is 0 Å². The van der Waals surface area contributed by atoms with Crippen LogP contribution in [0.2, 0.25) is 0 Å². The van der Waals surface area contributed by atoms with E-state index in [4.69, 9.17) is 0 Å². The summed E-state index contributed by atoms with van der Waals surface area (Å²) in [5.74, 6) is 0. The lowest BCUT2D eigenvalue weighted by atomic mass is 10.3. The topological polar surface area (TPSA) is 24.7 Å². The second kappa shape index (κ2) is 6.13. The van der Waals surface area contributed by atoms with E-state index >= 15 is 0 Å². The van der Waals surface area contributed by atoms with Gasteiger partial charge < -0.3 is 9.49 Å². The SMILES string of the molecule is CN=P(C)(C)C.CP1(C)=NCCCC1. The Labute approximate surface area is 90.0 Å². The predicted molar refractivity (Wildman–Crippen MR) is 73.2 cm³/mol. The number of hydrogen-bond donors (Lipinski definition) is 0. The fourth-order valence-corrected chi connectivity index (χ4v) is 2.84. The Kier molecular flexibility index (Phi) is 6.33. The quantitative estimate of drug-likeness (QED) is 0.569. The highest BCUT2D eigenvalue weighted by Crippen LogP contribution is 2.44. The number of rotatable bonds is 0. The summed E-state index contributed by atoms with van der Waals surface area (Å²) in [5, 5.41) is 0. The van der Waals surface area contributed by atoms with E-state index in [-0.39, 0.29) is 0 Å². The lowest BCUT2D eigenvalue weighted by Crippen LogP contribution is -1.96. The van der Waals surface area contributed by atoms with E-state index in [0.29, 0.717) is 0 Å². The third kappa shape index (κ3) is 9.03. The molecule has 0 bridgehead atoms. The first kappa shape index (κ1) is 14.5. The van der Waals surface area contributed by atoms with Crippen LogP contribution in [-0.4, -0.2) is 53.1 Å². The highest BCUT2D eigenvalue weighted by Gasteiger charge is 2.07. The number of nitrogens with zero attached hydrogens (tertiary/aromatic N) is 2. The van der Waals surface area contributed by atoms with Crippen LogP contribution in [0.4, 0.5) is 0 Å². The monoisotopic (exact) mass is 236 g/mol. The molecule has 1 aliphatic rings. The summed E-state index contributed by atoms with van der Waals surface area (Å²) in [5.41, 5.74) is 0. The minimum absolute atomic E-state index is 0.712. The molecule has 0 aromatic heterocycles. The normalized spacial score (nSPS) is 20.1. The molecule has 0 atom stereocenters. The fourth-order valence-electron chi connectivity index (χ4n) is 1.02. The molecule has 0 saturated carbocycles. The van der Waals surface area contributed by atoms with Crippen molar-refractivity contribution in [3.8, 4) is 0 Å². The molecule has 86 valence electrons. The minimum Gasteiger partial charge on any atom is -0.307 e. The molecular formula is C10H26N2P2. The van der Waals surface area contributed by atoms with Crippen LogP contribution in [0.25, 0.3) is 0 Å². The summed E-state index contributed by atoms with van der Waals surface area (Å²) >= 11 is 0. The van der Waals surface area contributed by atoms with Crippen LogP contribution in [-0.2, 0) is 0 Å². The first-order valence-corrected chi connectivity index (χ1v) is 11.1. The molecule has 0 aliphatic carbocycles. The molecule has 0 spiro atoms. The van der Waals surface area contributed by atoms with E-state index in [2.05, 4.69) is 42.8 Å². The maximum absolute atomic E-state index is 4.57. The van der Waals surface area contributed by atoms with E-state index in [9.17, 15) is 0 Å². The van der Waals surface area contributed by atoms with Gasteiger partial charge in [0.1, 0.15) is 0 Å². The maximum Gasteiger partial charge on any atom is 0.0374 e. The van der Waals surface area contributed by atoms with Gasteiger partial charge in [-0.3, -0.25) is 0 Å². The third-order valence-electron chi connectivity index (χ3n) is 2.20. The van der Waals surface area contributed by atoms with Gasteiger partial charge in [0, 0.05) is 13.6 Å². The lowest BCUT2D eigenvalue weighted by Gasteiger charge is -2.17. The van der Waals surface area contributed by atoms with Crippen molar-refractivity contribution in [3.05, 3.63) is 0 Å². The molecular weight excluding hydrogens is 210 g/mol. The minimum atomic E-state index is -0.772. The summed E-state index contributed by atoms with van der Waals surface area (Å²) in [6.07, 6.45) is 4.15. The van der Waals surface area contributed by atoms with Gasteiger partial charge in [0.2, 0.25) is 0 Å². The van der Waals surface area contributed by atoms with Crippen molar-refractivity contribution >= 4 is 14.1 Å². The smallest absolute Gasteiger partial charge is 0.0374 e. The largest absolute Gasteiger partial charge is 0.307 e. The van der Waals surface area contributed by atoms with Crippen molar-refractivity contribution in [1.29, 1.82) is 0 Å². The van der Waals surface area contributed by atoms with Crippen molar-refractivity contribution in [3.63, 3.8) is 0 Å². The average molecular weight is 236 g/mol. The van der Waals surface area contributed by atoms with Gasteiger partial charge in [-0.15, -0.1) is 0 Å². The highest BCUT2D eigenvalue weighted by molar-refractivity contribution is 7.64. The Morgan fingerprint density at radius 1 is 1.14 bits per heavy atom. The van der Waals surface area contributed by atoms with Crippen LogP contribution in [0.3, 0.4) is 0 Å². The van der Waals surface area contributed by atoms with Gasteiger partial charge >= 0.3 is 0 Å². The highest BCUT2D eigenvalue weighted by atomic mass is 31.2. The van der Waals surface area contributed by atoms with Gasteiger partial charge in [-0.05, 0) is 66.4 Å². The Morgan fingerprint density at radius 3 is 1.79 bits per heavy atom. The second-order valence-corrected chi connectivity index (χ2v) is 13.3. The van der Waals surface area contributed by atoms with Crippen LogP contribution in [0, 0.1) is 0 Å². The zero-order valence-electron chi connectivity index (χ0n) is 10.6. The van der Waals surface area contributed by atoms with E-state index in [1.165, 1.54) is 19.0 Å². The predicted octanol–water partition coefficient (Wildman–Crippen LogP) is 3.95. The summed E-state index contributed by atoms with van der Waals surface area (Å²) in [6, 6.07) is 0. The summed E-state index contributed by atoms with van der Waals surface area (Å²) in [6.45, 7) is 12.4. The van der Waals surface area contributed by atoms with Gasteiger partial charge in [-0.2, -0.15) is 0 Å². The second-order valence-electron chi connectivity index (χ2n) is 5.06. The summed E-state index contributed by atoms with van der Waals surface area (Å²) < 4.78 is 8.70. The molecule has 0 aromatic carbocycles. The first-order valence-electron chi connectivity index (χ1n) is 5.22. The summed E-state index contributed by atoms with van der Waals surface area (Å²) in [7, 11) is 0.399. The molecule has 4 heteroatoms. The summed E-state index contributed by atoms with van der Waals surface area (Å²) in [4.78, 5) is 0. The lowest BCUT2D eigenvalue weighted by molar-refractivity contribution is 0.792.